The Kier molecular flexibility index (Phi) is 1.40. The first-order chi connectivity index (χ1) is 5.69. The van der Waals surface area contributed by atoms with E-state index in [0.717, 1.165) is 6.42 Å². The van der Waals surface area contributed by atoms with Gasteiger partial charge in [0.2, 0.25) is 0 Å². The Morgan fingerprint density at radius 2 is 2.42 bits per heavy atom. The summed E-state index contributed by atoms with van der Waals surface area (Å²) >= 11 is 0. The third-order valence-electron chi connectivity index (χ3n) is 3.18. The first-order valence-electron chi connectivity index (χ1n) is 4.14. The van der Waals surface area contributed by atoms with E-state index in [-0.39, 0.29) is 0 Å². The lowest BCUT2D eigenvalue weighted by Gasteiger charge is -2.21. The van der Waals surface area contributed by atoms with Crippen molar-refractivity contribution in [1.29, 1.82) is 0 Å². The maximum Gasteiger partial charge on any atom is 0.315 e. The molecule has 0 heterocycles. The highest BCUT2D eigenvalue weighted by Crippen LogP contribution is 2.52. The van der Waals surface area contributed by atoms with Crippen LogP contribution in [-0.2, 0) is 4.79 Å². The lowest BCUT2D eigenvalue weighted by Crippen LogP contribution is -2.34. The normalized spacial score (nSPS) is 42.3. The molecule has 2 aliphatic rings. The Bertz CT molecular complexity index is 261. The van der Waals surface area contributed by atoms with Gasteiger partial charge in [-0.25, -0.2) is 0 Å². The van der Waals surface area contributed by atoms with Gasteiger partial charge in [-0.1, -0.05) is 5.16 Å². The summed E-state index contributed by atoms with van der Waals surface area (Å²) in [6.07, 6.45) is 2.95. The summed E-state index contributed by atoms with van der Waals surface area (Å²) in [5, 5.41) is 20.7. The third kappa shape index (κ3) is 0.722. The van der Waals surface area contributed by atoms with Crippen LogP contribution in [0.15, 0.2) is 5.16 Å². The molecule has 2 rings (SSSR count). The number of fused-ring (bicyclic) bond motifs is 2. The molecule has 0 saturated heterocycles. The number of carboxylic acid groups (broad SMARTS) is 1. The minimum Gasteiger partial charge on any atom is -0.481 e. The summed E-state index contributed by atoms with van der Waals surface area (Å²) < 4.78 is 0. The molecule has 0 unspecified atom stereocenters. The predicted molar refractivity (Wildman–Crippen MR) is 41.2 cm³/mol. The maximum atomic E-state index is 11.0. The zero-order chi connectivity index (χ0) is 8.77. The van der Waals surface area contributed by atoms with Gasteiger partial charge < -0.3 is 10.3 Å². The van der Waals surface area contributed by atoms with Crippen LogP contribution < -0.4 is 0 Å². The van der Waals surface area contributed by atoms with Crippen molar-refractivity contribution in [3.05, 3.63) is 0 Å². The maximum absolute atomic E-state index is 11.0. The van der Waals surface area contributed by atoms with E-state index in [0.29, 0.717) is 30.9 Å². The van der Waals surface area contributed by atoms with Crippen LogP contribution in [0, 0.1) is 11.3 Å². The number of nitrogens with zero attached hydrogens (tertiary/aromatic N) is 1. The van der Waals surface area contributed by atoms with Crippen LogP contribution in [0.3, 0.4) is 0 Å². The van der Waals surface area contributed by atoms with E-state index in [1.807, 2.05) is 0 Å². The van der Waals surface area contributed by atoms with E-state index in [2.05, 4.69) is 5.16 Å². The van der Waals surface area contributed by atoms with Gasteiger partial charge in [-0.2, -0.15) is 0 Å². The van der Waals surface area contributed by atoms with Gasteiger partial charge in [0.1, 0.15) is 5.41 Å². The number of carbonyl (C=O) groups is 1. The second-order valence-corrected chi connectivity index (χ2v) is 3.75. The molecular formula is C8H11NO3. The quantitative estimate of drug-likeness (QED) is 0.456. The van der Waals surface area contributed by atoms with Crippen molar-refractivity contribution in [2.45, 2.75) is 25.7 Å². The van der Waals surface area contributed by atoms with Gasteiger partial charge in [0.25, 0.3) is 0 Å². The SMILES string of the molecule is O=C(O)[C@]12CC[C@H](C/C1=N/O)C2. The summed E-state index contributed by atoms with van der Waals surface area (Å²) in [6, 6.07) is 0. The van der Waals surface area contributed by atoms with Crippen LogP contribution in [0.25, 0.3) is 0 Å². The van der Waals surface area contributed by atoms with Gasteiger partial charge in [-0.15, -0.1) is 0 Å². The molecule has 0 aromatic carbocycles. The van der Waals surface area contributed by atoms with E-state index in [1.54, 1.807) is 0 Å². The van der Waals surface area contributed by atoms with Crippen LogP contribution in [-0.4, -0.2) is 22.0 Å². The second kappa shape index (κ2) is 2.21. The van der Waals surface area contributed by atoms with E-state index >= 15 is 0 Å². The lowest BCUT2D eigenvalue weighted by atomic mass is 9.83. The molecule has 0 amide bonds. The van der Waals surface area contributed by atoms with E-state index in [1.165, 1.54) is 0 Å². The standard InChI is InChI=1S/C8H11NO3/c10-7(11)8-2-1-5(4-8)3-6(8)9-12/h5,12H,1-4H2,(H,10,11)/b9-6-/t5-,8+/m1/s1. The largest absolute Gasteiger partial charge is 0.481 e. The average molecular weight is 169 g/mol. The van der Waals surface area contributed by atoms with Crippen molar-refractivity contribution in [3.8, 4) is 0 Å². The topological polar surface area (TPSA) is 69.9 Å². The molecule has 2 aliphatic carbocycles. The molecule has 2 atom stereocenters. The third-order valence-corrected chi connectivity index (χ3v) is 3.18. The smallest absolute Gasteiger partial charge is 0.315 e. The molecule has 66 valence electrons. The molecule has 0 spiro atoms. The number of oxime groups is 1. The summed E-state index contributed by atoms with van der Waals surface area (Å²) in [5.74, 6) is -0.387. The van der Waals surface area contributed by atoms with Crippen LogP contribution in [0.4, 0.5) is 0 Å². The number of aliphatic carboxylic acids is 1. The first kappa shape index (κ1) is 7.58. The molecule has 12 heavy (non-hydrogen) atoms. The summed E-state index contributed by atoms with van der Waals surface area (Å²) in [5.41, 5.74) is -0.328. The molecule has 0 aromatic heterocycles. The van der Waals surface area contributed by atoms with Crippen molar-refractivity contribution in [1.82, 2.24) is 0 Å². The van der Waals surface area contributed by atoms with Crippen molar-refractivity contribution < 1.29 is 15.1 Å². The highest BCUT2D eigenvalue weighted by atomic mass is 16.4. The molecule has 0 aliphatic heterocycles. The van der Waals surface area contributed by atoms with Gasteiger partial charge in [0, 0.05) is 0 Å². The fourth-order valence-electron chi connectivity index (χ4n) is 2.51. The summed E-state index contributed by atoms with van der Waals surface area (Å²) in [4.78, 5) is 11.0. The fraction of sp³-hybridized carbons (Fsp3) is 0.750. The zero-order valence-corrected chi connectivity index (χ0v) is 6.66. The number of rotatable bonds is 1. The fourth-order valence-corrected chi connectivity index (χ4v) is 2.51. The molecule has 2 saturated carbocycles. The van der Waals surface area contributed by atoms with Crippen molar-refractivity contribution in [2.24, 2.45) is 16.5 Å². The second-order valence-electron chi connectivity index (χ2n) is 3.75. The van der Waals surface area contributed by atoms with Crippen LogP contribution in [0.2, 0.25) is 0 Å². The van der Waals surface area contributed by atoms with Gasteiger partial charge in [-0.05, 0) is 31.6 Å². The van der Waals surface area contributed by atoms with Gasteiger partial charge in [0.05, 0.1) is 5.71 Å². The van der Waals surface area contributed by atoms with Crippen LogP contribution >= 0.6 is 0 Å². The average Bonchev–Trinajstić information content (AvgIpc) is 2.60. The predicted octanol–water partition coefficient (Wildman–Crippen LogP) is 1.09. The Morgan fingerprint density at radius 1 is 1.67 bits per heavy atom. The molecular weight excluding hydrogens is 158 g/mol. The van der Waals surface area contributed by atoms with E-state index < -0.39 is 11.4 Å². The van der Waals surface area contributed by atoms with Crippen molar-refractivity contribution in [2.75, 3.05) is 0 Å². The number of hydrogen-bond donors (Lipinski definition) is 2. The molecule has 0 aromatic rings. The van der Waals surface area contributed by atoms with Gasteiger partial charge in [0.15, 0.2) is 0 Å². The van der Waals surface area contributed by atoms with E-state index in [9.17, 15) is 4.79 Å². The number of carboxylic acids is 1. The minimum absolute atomic E-state index is 0.437. The Morgan fingerprint density at radius 3 is 2.83 bits per heavy atom. The van der Waals surface area contributed by atoms with Gasteiger partial charge >= 0.3 is 5.97 Å². The van der Waals surface area contributed by atoms with Crippen molar-refractivity contribution >= 4 is 11.7 Å². The monoisotopic (exact) mass is 169 g/mol. The Balaban J connectivity index is 2.39. The molecule has 4 heteroatoms. The van der Waals surface area contributed by atoms with E-state index in [4.69, 9.17) is 10.3 Å². The molecule has 4 nitrogen and oxygen atoms in total. The summed E-state index contributed by atoms with van der Waals surface area (Å²) in [7, 11) is 0. The van der Waals surface area contributed by atoms with Crippen molar-refractivity contribution in [3.63, 3.8) is 0 Å². The highest BCUT2D eigenvalue weighted by molar-refractivity contribution is 6.08. The minimum atomic E-state index is -0.824. The first-order valence-corrected chi connectivity index (χ1v) is 4.14. The number of hydrogen-bond acceptors (Lipinski definition) is 3. The summed E-state index contributed by atoms with van der Waals surface area (Å²) in [6.45, 7) is 0. The molecule has 0 radical (unpaired) electrons. The Hall–Kier alpha value is -1.06. The van der Waals surface area contributed by atoms with Crippen LogP contribution in [0.1, 0.15) is 25.7 Å². The molecule has 2 bridgehead atoms. The van der Waals surface area contributed by atoms with Crippen LogP contribution in [0.5, 0.6) is 0 Å². The lowest BCUT2D eigenvalue weighted by molar-refractivity contribution is -0.144. The molecule has 2 fully saturated rings. The Labute approximate surface area is 69.9 Å². The molecule has 2 N–H and O–H groups in total. The highest BCUT2D eigenvalue weighted by Gasteiger charge is 2.55. The zero-order valence-electron chi connectivity index (χ0n) is 6.66. The van der Waals surface area contributed by atoms with Gasteiger partial charge in [-0.3, -0.25) is 4.79 Å².